The van der Waals surface area contributed by atoms with Crippen molar-refractivity contribution in [1.29, 1.82) is 0 Å². The predicted octanol–water partition coefficient (Wildman–Crippen LogP) is -0.816. The Hall–Kier alpha value is -1.34. The number of carbonyl (C=O) groups is 1. The van der Waals surface area contributed by atoms with E-state index in [9.17, 15) is 18.3 Å². The number of aliphatic hydroxyl groups excluding tert-OH is 1. The molecule has 1 aromatic rings. The third-order valence-corrected chi connectivity index (χ3v) is 5.13. The third-order valence-electron chi connectivity index (χ3n) is 3.43. The van der Waals surface area contributed by atoms with Crippen LogP contribution in [-0.4, -0.2) is 59.6 Å². The van der Waals surface area contributed by atoms with E-state index in [1.807, 2.05) is 30.1 Å². The monoisotopic (exact) mass is 286 g/mol. The van der Waals surface area contributed by atoms with Gasteiger partial charge in [-0.25, -0.2) is 8.42 Å². The average molecular weight is 286 g/mol. The van der Waals surface area contributed by atoms with E-state index < -0.39 is 22.0 Å². The molecule has 0 unspecified atom stereocenters. The van der Waals surface area contributed by atoms with E-state index in [0.717, 1.165) is 5.56 Å². The number of aromatic nitrogens is 1. The lowest BCUT2D eigenvalue weighted by molar-refractivity contribution is -0.132. The first kappa shape index (κ1) is 14.1. The van der Waals surface area contributed by atoms with Crippen molar-refractivity contribution in [2.24, 2.45) is 7.05 Å². The van der Waals surface area contributed by atoms with Crippen molar-refractivity contribution in [3.8, 4) is 0 Å². The van der Waals surface area contributed by atoms with Crippen molar-refractivity contribution in [1.82, 2.24) is 9.47 Å². The molecule has 19 heavy (non-hydrogen) atoms. The summed E-state index contributed by atoms with van der Waals surface area (Å²) in [5.74, 6) is -0.612. The Morgan fingerprint density at radius 1 is 1.53 bits per heavy atom. The molecule has 1 aromatic heterocycles. The summed E-state index contributed by atoms with van der Waals surface area (Å²) >= 11 is 0. The first-order valence-corrected chi connectivity index (χ1v) is 7.85. The first-order valence-electron chi connectivity index (χ1n) is 6.03. The molecule has 0 saturated carbocycles. The highest BCUT2D eigenvalue weighted by atomic mass is 32.2. The number of amides is 1. The van der Waals surface area contributed by atoms with Gasteiger partial charge in [0.25, 0.3) is 0 Å². The van der Waals surface area contributed by atoms with Gasteiger partial charge in [0.2, 0.25) is 5.91 Å². The van der Waals surface area contributed by atoms with Gasteiger partial charge < -0.3 is 14.6 Å². The molecule has 2 rings (SSSR count). The van der Waals surface area contributed by atoms with Crippen molar-refractivity contribution < 1.29 is 18.3 Å². The lowest BCUT2D eigenvalue weighted by Gasteiger charge is -2.25. The van der Waals surface area contributed by atoms with Gasteiger partial charge in [-0.15, -0.1) is 0 Å². The quantitative estimate of drug-likeness (QED) is 0.787. The maximum atomic E-state index is 12.1. The molecule has 0 bridgehead atoms. The van der Waals surface area contributed by atoms with Gasteiger partial charge in [0.1, 0.15) is 0 Å². The molecule has 1 aliphatic heterocycles. The van der Waals surface area contributed by atoms with Crippen LogP contribution in [0.3, 0.4) is 0 Å². The van der Waals surface area contributed by atoms with E-state index in [4.69, 9.17) is 0 Å². The summed E-state index contributed by atoms with van der Waals surface area (Å²) in [5, 5.41) is 9.74. The van der Waals surface area contributed by atoms with Crippen molar-refractivity contribution in [2.45, 2.75) is 18.6 Å². The van der Waals surface area contributed by atoms with Crippen LogP contribution in [-0.2, 0) is 28.1 Å². The number of rotatable bonds is 3. The van der Waals surface area contributed by atoms with Gasteiger partial charge >= 0.3 is 0 Å². The molecular weight excluding hydrogens is 268 g/mol. The number of hydrogen-bond donors (Lipinski definition) is 1. The summed E-state index contributed by atoms with van der Waals surface area (Å²) in [6.07, 6.45) is 2.90. The maximum Gasteiger partial charge on any atom is 0.227 e. The van der Waals surface area contributed by atoms with Gasteiger partial charge in [-0.1, -0.05) is 0 Å². The molecule has 6 nitrogen and oxygen atoms in total. The smallest absolute Gasteiger partial charge is 0.227 e. The summed E-state index contributed by atoms with van der Waals surface area (Å²) in [6, 6.07) is 1.20. The molecule has 2 atom stereocenters. The normalized spacial score (nSPS) is 25.4. The Kier molecular flexibility index (Phi) is 3.69. The minimum Gasteiger partial charge on any atom is -0.390 e. The second-order valence-corrected chi connectivity index (χ2v) is 7.23. The summed E-state index contributed by atoms with van der Waals surface area (Å²) in [5.41, 5.74) is 0.870. The summed E-state index contributed by atoms with van der Waals surface area (Å²) in [4.78, 5) is 13.4. The van der Waals surface area contributed by atoms with Gasteiger partial charge in [0, 0.05) is 26.5 Å². The highest BCUT2D eigenvalue weighted by Crippen LogP contribution is 2.18. The Labute approximate surface area is 112 Å². The fourth-order valence-electron chi connectivity index (χ4n) is 2.33. The fourth-order valence-corrected chi connectivity index (χ4v) is 4.17. The molecule has 1 N–H and O–H groups in total. The zero-order chi connectivity index (χ0) is 14.2. The van der Waals surface area contributed by atoms with Gasteiger partial charge in [-0.2, -0.15) is 0 Å². The van der Waals surface area contributed by atoms with Gasteiger partial charge in [-0.3, -0.25) is 4.79 Å². The molecule has 7 heteroatoms. The number of hydrogen-bond acceptors (Lipinski definition) is 4. The topological polar surface area (TPSA) is 79.6 Å². The van der Waals surface area contributed by atoms with Crippen molar-refractivity contribution >= 4 is 15.7 Å². The van der Waals surface area contributed by atoms with Gasteiger partial charge in [0.15, 0.2) is 9.84 Å². The van der Waals surface area contributed by atoms with Crippen LogP contribution in [0.5, 0.6) is 0 Å². The number of sulfone groups is 1. The Balaban J connectivity index is 2.03. The second-order valence-electron chi connectivity index (χ2n) is 5.08. The van der Waals surface area contributed by atoms with Crippen molar-refractivity contribution in [2.75, 3.05) is 18.6 Å². The maximum absolute atomic E-state index is 12.1. The molecule has 2 heterocycles. The van der Waals surface area contributed by atoms with Crippen LogP contribution in [0, 0.1) is 0 Å². The molecule has 1 fully saturated rings. The van der Waals surface area contributed by atoms with Crippen LogP contribution in [0.4, 0.5) is 0 Å². The van der Waals surface area contributed by atoms with E-state index in [1.54, 1.807) is 7.05 Å². The van der Waals surface area contributed by atoms with E-state index in [-0.39, 0.29) is 23.8 Å². The van der Waals surface area contributed by atoms with Crippen LogP contribution in [0.1, 0.15) is 5.56 Å². The molecule has 1 saturated heterocycles. The first-order chi connectivity index (χ1) is 8.78. The number of aryl methyl sites for hydroxylation is 1. The van der Waals surface area contributed by atoms with Crippen LogP contribution in [0.15, 0.2) is 18.5 Å². The SMILES string of the molecule is CN(C(=O)Cc1ccn(C)c1)[C@@H]1CS(=O)(=O)C[C@H]1O. The van der Waals surface area contributed by atoms with Gasteiger partial charge in [0.05, 0.1) is 30.1 Å². The second kappa shape index (κ2) is 4.97. The van der Waals surface area contributed by atoms with Crippen molar-refractivity contribution in [3.05, 3.63) is 24.0 Å². The lowest BCUT2D eigenvalue weighted by atomic mass is 10.1. The Morgan fingerprint density at radius 3 is 2.68 bits per heavy atom. The molecule has 0 aliphatic carbocycles. The van der Waals surface area contributed by atoms with Gasteiger partial charge in [-0.05, 0) is 11.6 Å². The van der Waals surface area contributed by atoms with E-state index >= 15 is 0 Å². The van der Waals surface area contributed by atoms with E-state index in [2.05, 4.69) is 0 Å². The molecular formula is C12H18N2O4S. The fraction of sp³-hybridized carbons (Fsp3) is 0.583. The van der Waals surface area contributed by atoms with Crippen LogP contribution >= 0.6 is 0 Å². The molecule has 0 aromatic carbocycles. The van der Waals surface area contributed by atoms with E-state index in [1.165, 1.54) is 4.90 Å². The minimum absolute atomic E-state index is 0.162. The highest BCUT2D eigenvalue weighted by Gasteiger charge is 2.40. The number of nitrogens with zero attached hydrogens (tertiary/aromatic N) is 2. The molecule has 1 amide bonds. The van der Waals surface area contributed by atoms with E-state index in [0.29, 0.717) is 0 Å². The number of carbonyl (C=O) groups excluding carboxylic acids is 1. The minimum atomic E-state index is -3.24. The standard InChI is InChI=1S/C12H18N2O4S/c1-13-4-3-9(6-13)5-12(16)14(2)10-7-19(17,18)8-11(10)15/h3-4,6,10-11,15H,5,7-8H2,1-2H3/t10-,11-/m1/s1. The van der Waals surface area contributed by atoms with Crippen LogP contribution in [0.25, 0.3) is 0 Å². The third kappa shape index (κ3) is 3.16. The average Bonchev–Trinajstić information content (AvgIpc) is 2.81. The summed E-state index contributed by atoms with van der Waals surface area (Å²) in [6.45, 7) is 0. The lowest BCUT2D eigenvalue weighted by Crippen LogP contribution is -2.44. The molecule has 0 spiro atoms. The molecule has 106 valence electrons. The zero-order valence-corrected chi connectivity index (χ0v) is 11.8. The van der Waals surface area contributed by atoms with Crippen molar-refractivity contribution in [3.63, 3.8) is 0 Å². The number of aliphatic hydroxyl groups is 1. The molecule has 0 radical (unpaired) electrons. The zero-order valence-electron chi connectivity index (χ0n) is 11.0. The summed E-state index contributed by atoms with van der Waals surface area (Å²) < 4.78 is 24.7. The predicted molar refractivity (Wildman–Crippen MR) is 70.3 cm³/mol. The largest absolute Gasteiger partial charge is 0.390 e. The number of likely N-dealkylation sites (N-methyl/N-ethyl adjacent to an activating group) is 1. The highest BCUT2D eigenvalue weighted by molar-refractivity contribution is 7.91. The summed E-state index contributed by atoms with van der Waals surface area (Å²) in [7, 11) is 0.168. The Morgan fingerprint density at radius 2 is 2.21 bits per heavy atom. The van der Waals surface area contributed by atoms with Crippen LogP contribution in [0.2, 0.25) is 0 Å². The Bertz CT molecular complexity index is 578. The molecule has 1 aliphatic rings. The van der Waals surface area contributed by atoms with Crippen LogP contribution < -0.4 is 0 Å².